The summed E-state index contributed by atoms with van der Waals surface area (Å²) in [5.74, 6) is 1.52. The molecule has 0 aliphatic rings. The van der Waals surface area contributed by atoms with Gasteiger partial charge in [0.05, 0.1) is 13.2 Å². The first kappa shape index (κ1) is 11.9. The van der Waals surface area contributed by atoms with Gasteiger partial charge in [0.15, 0.2) is 0 Å². The van der Waals surface area contributed by atoms with Crippen molar-refractivity contribution < 1.29 is 4.74 Å². The molecule has 0 fully saturated rings. The molecule has 1 N–H and O–H groups in total. The number of pyridine rings is 1. The second-order valence-electron chi connectivity index (χ2n) is 3.66. The number of anilines is 1. The largest absolute Gasteiger partial charge is 0.478 e. The van der Waals surface area contributed by atoms with E-state index in [1.54, 1.807) is 11.3 Å². The van der Waals surface area contributed by atoms with E-state index in [0.29, 0.717) is 12.5 Å². The number of hydrogen-bond donors (Lipinski definition) is 1. The van der Waals surface area contributed by atoms with Crippen LogP contribution in [0.5, 0.6) is 5.88 Å². The number of thiophene rings is 1. The highest BCUT2D eigenvalue weighted by atomic mass is 32.1. The van der Waals surface area contributed by atoms with Gasteiger partial charge in [-0.05, 0) is 32.0 Å². The quantitative estimate of drug-likeness (QED) is 0.879. The van der Waals surface area contributed by atoms with Crippen LogP contribution < -0.4 is 10.1 Å². The predicted molar refractivity (Wildman–Crippen MR) is 71.8 cm³/mol. The smallest absolute Gasteiger partial charge is 0.215 e. The molecule has 2 aromatic rings. The molecular weight excluding hydrogens is 232 g/mol. The van der Waals surface area contributed by atoms with E-state index < -0.39 is 0 Å². The minimum Gasteiger partial charge on any atom is -0.478 e. The summed E-state index contributed by atoms with van der Waals surface area (Å²) in [7, 11) is 0. The number of aromatic nitrogens is 1. The number of hydrogen-bond acceptors (Lipinski definition) is 4. The molecule has 17 heavy (non-hydrogen) atoms. The fourth-order valence-electron chi connectivity index (χ4n) is 1.50. The van der Waals surface area contributed by atoms with Crippen LogP contribution in [0.15, 0.2) is 30.3 Å². The average molecular weight is 248 g/mol. The van der Waals surface area contributed by atoms with Crippen molar-refractivity contribution in [1.29, 1.82) is 0 Å². The van der Waals surface area contributed by atoms with Gasteiger partial charge in [-0.2, -0.15) is 4.98 Å². The van der Waals surface area contributed by atoms with Crippen molar-refractivity contribution in [2.24, 2.45) is 0 Å². The normalized spacial score (nSPS) is 10.2. The first-order valence-electron chi connectivity index (χ1n) is 5.67. The van der Waals surface area contributed by atoms with Crippen molar-refractivity contribution >= 4 is 17.2 Å². The molecule has 2 heterocycles. The minimum atomic E-state index is 0.639. The third kappa shape index (κ3) is 3.46. The lowest BCUT2D eigenvalue weighted by atomic mass is 10.4. The molecule has 3 nitrogen and oxygen atoms in total. The maximum atomic E-state index is 5.35. The fourth-order valence-corrected chi connectivity index (χ4v) is 2.33. The predicted octanol–water partition coefficient (Wildman–Crippen LogP) is 3.46. The Labute approximate surface area is 105 Å². The molecule has 0 radical (unpaired) electrons. The molecule has 0 bridgehead atoms. The summed E-state index contributed by atoms with van der Waals surface area (Å²) in [4.78, 5) is 7.00. The second-order valence-corrected chi connectivity index (χ2v) is 5.03. The molecule has 0 atom stereocenters. The molecule has 0 saturated heterocycles. The van der Waals surface area contributed by atoms with Gasteiger partial charge < -0.3 is 10.1 Å². The van der Waals surface area contributed by atoms with E-state index in [4.69, 9.17) is 4.74 Å². The first-order valence-corrected chi connectivity index (χ1v) is 6.48. The summed E-state index contributed by atoms with van der Waals surface area (Å²) in [5.41, 5.74) is 0. The highest BCUT2D eigenvalue weighted by molar-refractivity contribution is 7.11. The van der Waals surface area contributed by atoms with Crippen LogP contribution >= 0.6 is 11.3 Å². The van der Waals surface area contributed by atoms with Crippen molar-refractivity contribution in [2.75, 3.05) is 11.9 Å². The van der Waals surface area contributed by atoms with Crippen molar-refractivity contribution in [2.45, 2.75) is 20.4 Å². The van der Waals surface area contributed by atoms with Crippen LogP contribution in [-0.2, 0) is 6.54 Å². The van der Waals surface area contributed by atoms with Gasteiger partial charge in [0.25, 0.3) is 0 Å². The molecular formula is C13H16N2OS. The molecule has 0 spiro atoms. The maximum absolute atomic E-state index is 5.35. The van der Waals surface area contributed by atoms with Crippen LogP contribution in [0.2, 0.25) is 0 Å². The Kier molecular flexibility index (Phi) is 3.98. The molecule has 2 aromatic heterocycles. The van der Waals surface area contributed by atoms with Crippen LogP contribution in [0.25, 0.3) is 0 Å². The van der Waals surface area contributed by atoms with E-state index in [1.165, 1.54) is 9.75 Å². The molecule has 0 aliphatic heterocycles. The molecule has 4 heteroatoms. The zero-order chi connectivity index (χ0) is 12.1. The zero-order valence-corrected chi connectivity index (χ0v) is 10.9. The lowest BCUT2D eigenvalue weighted by Crippen LogP contribution is -2.01. The minimum absolute atomic E-state index is 0.639. The number of nitrogens with zero attached hydrogens (tertiary/aromatic N) is 1. The van der Waals surface area contributed by atoms with Crippen LogP contribution in [0.4, 0.5) is 5.82 Å². The van der Waals surface area contributed by atoms with Crippen molar-refractivity contribution in [3.05, 3.63) is 40.1 Å². The van der Waals surface area contributed by atoms with Crippen LogP contribution in [-0.4, -0.2) is 11.6 Å². The first-order chi connectivity index (χ1) is 8.28. The van der Waals surface area contributed by atoms with Crippen molar-refractivity contribution in [3.8, 4) is 5.88 Å². The Morgan fingerprint density at radius 2 is 2.18 bits per heavy atom. The second kappa shape index (κ2) is 5.68. The van der Waals surface area contributed by atoms with E-state index >= 15 is 0 Å². The van der Waals surface area contributed by atoms with Crippen molar-refractivity contribution in [3.63, 3.8) is 0 Å². The summed E-state index contributed by atoms with van der Waals surface area (Å²) in [6.07, 6.45) is 0. The molecule has 90 valence electrons. The summed E-state index contributed by atoms with van der Waals surface area (Å²) in [6.45, 7) is 5.51. The number of rotatable bonds is 5. The Morgan fingerprint density at radius 3 is 2.88 bits per heavy atom. The number of aryl methyl sites for hydroxylation is 1. The topological polar surface area (TPSA) is 34.1 Å². The van der Waals surface area contributed by atoms with Crippen LogP contribution in [0, 0.1) is 6.92 Å². The standard InChI is InChI=1S/C13H16N2OS/c1-3-16-13-6-4-5-12(15-13)14-9-11-8-7-10(2)17-11/h4-8H,3,9H2,1-2H3,(H,14,15). The molecule has 0 saturated carbocycles. The van der Waals surface area contributed by atoms with E-state index in [-0.39, 0.29) is 0 Å². The van der Waals surface area contributed by atoms with E-state index in [1.807, 2.05) is 25.1 Å². The molecule has 0 aliphatic carbocycles. The monoisotopic (exact) mass is 248 g/mol. The fraction of sp³-hybridized carbons (Fsp3) is 0.308. The number of nitrogens with one attached hydrogen (secondary N) is 1. The third-order valence-corrected chi connectivity index (χ3v) is 3.26. The van der Waals surface area contributed by atoms with E-state index in [9.17, 15) is 0 Å². The molecule has 0 amide bonds. The van der Waals surface area contributed by atoms with Gasteiger partial charge in [-0.25, -0.2) is 0 Å². The van der Waals surface area contributed by atoms with Gasteiger partial charge in [0, 0.05) is 15.8 Å². The zero-order valence-electron chi connectivity index (χ0n) is 10.1. The van der Waals surface area contributed by atoms with Crippen LogP contribution in [0.3, 0.4) is 0 Å². The maximum Gasteiger partial charge on any atom is 0.215 e. The van der Waals surface area contributed by atoms with Gasteiger partial charge >= 0.3 is 0 Å². The Balaban J connectivity index is 1.96. The highest BCUT2D eigenvalue weighted by Crippen LogP contribution is 2.17. The van der Waals surface area contributed by atoms with Gasteiger partial charge in [-0.15, -0.1) is 11.3 Å². The molecule has 0 aromatic carbocycles. The summed E-state index contributed by atoms with van der Waals surface area (Å²) >= 11 is 1.80. The van der Waals surface area contributed by atoms with Gasteiger partial charge in [0.1, 0.15) is 5.82 Å². The van der Waals surface area contributed by atoms with E-state index in [0.717, 1.165) is 12.4 Å². The van der Waals surface area contributed by atoms with Gasteiger partial charge in [-0.3, -0.25) is 0 Å². The Morgan fingerprint density at radius 1 is 1.29 bits per heavy atom. The van der Waals surface area contributed by atoms with Crippen LogP contribution in [0.1, 0.15) is 16.7 Å². The van der Waals surface area contributed by atoms with E-state index in [2.05, 4.69) is 29.4 Å². The number of ether oxygens (including phenoxy) is 1. The van der Waals surface area contributed by atoms with Gasteiger partial charge in [-0.1, -0.05) is 6.07 Å². The lowest BCUT2D eigenvalue weighted by molar-refractivity contribution is 0.327. The Hall–Kier alpha value is -1.55. The highest BCUT2D eigenvalue weighted by Gasteiger charge is 1.99. The third-order valence-electron chi connectivity index (χ3n) is 2.26. The SMILES string of the molecule is CCOc1cccc(NCc2ccc(C)s2)n1. The lowest BCUT2D eigenvalue weighted by Gasteiger charge is -2.06. The average Bonchev–Trinajstić information content (AvgIpc) is 2.74. The Bertz CT molecular complexity index is 482. The summed E-state index contributed by atoms with van der Waals surface area (Å²) in [5, 5.41) is 3.29. The summed E-state index contributed by atoms with van der Waals surface area (Å²) in [6, 6.07) is 10.0. The van der Waals surface area contributed by atoms with Gasteiger partial charge in [0.2, 0.25) is 5.88 Å². The molecule has 0 unspecified atom stereocenters. The van der Waals surface area contributed by atoms with Crippen molar-refractivity contribution in [1.82, 2.24) is 4.98 Å². The molecule has 2 rings (SSSR count). The summed E-state index contributed by atoms with van der Waals surface area (Å²) < 4.78 is 5.35.